The molecule has 0 amide bonds. The molecule has 0 bridgehead atoms. The molecule has 128 valence electrons. The predicted molar refractivity (Wildman–Crippen MR) is 94.5 cm³/mol. The van der Waals surface area contributed by atoms with Gasteiger partial charge in [-0.2, -0.15) is 5.26 Å². The van der Waals surface area contributed by atoms with Crippen molar-refractivity contribution in [2.24, 2.45) is 0 Å². The van der Waals surface area contributed by atoms with Crippen LogP contribution in [0.1, 0.15) is 12.5 Å². The highest BCUT2D eigenvalue weighted by Gasteiger charge is 2.15. The zero-order valence-corrected chi connectivity index (χ0v) is 13.9. The van der Waals surface area contributed by atoms with E-state index in [0.717, 1.165) is 11.0 Å². The van der Waals surface area contributed by atoms with Crippen molar-refractivity contribution in [2.75, 3.05) is 6.61 Å². The molecule has 1 atom stereocenters. The van der Waals surface area contributed by atoms with Crippen molar-refractivity contribution < 1.29 is 9.84 Å². The minimum absolute atomic E-state index is 0.0595. The number of aromatic nitrogens is 2. The standard InChI is InChI=1S/C19H19N3O3/c1-2-21-17-5-3-4-6-18(17)22(19(21)24)12-15(23)13-25-16-9-7-14(11-20)8-10-16/h3-10,15,23H,2,12-13H2,1H3/t15-/m1/s1. The largest absolute Gasteiger partial charge is 0.491 e. The van der Waals surface area contributed by atoms with E-state index in [4.69, 9.17) is 10.00 Å². The fourth-order valence-corrected chi connectivity index (χ4v) is 2.84. The van der Waals surface area contributed by atoms with Crippen LogP contribution in [0.4, 0.5) is 0 Å². The highest BCUT2D eigenvalue weighted by Crippen LogP contribution is 2.14. The Kier molecular flexibility index (Phi) is 4.87. The molecule has 0 fully saturated rings. The number of imidazole rings is 1. The van der Waals surface area contributed by atoms with Crippen molar-refractivity contribution in [1.29, 1.82) is 5.26 Å². The van der Waals surface area contributed by atoms with Crippen molar-refractivity contribution in [3.05, 3.63) is 64.6 Å². The Morgan fingerprint density at radius 2 is 1.76 bits per heavy atom. The SMILES string of the molecule is CCn1c(=O)n(C[C@@H](O)COc2ccc(C#N)cc2)c2ccccc21. The summed E-state index contributed by atoms with van der Waals surface area (Å²) >= 11 is 0. The average molecular weight is 337 g/mol. The van der Waals surface area contributed by atoms with Gasteiger partial charge in [0.2, 0.25) is 0 Å². The van der Waals surface area contributed by atoms with Crippen LogP contribution >= 0.6 is 0 Å². The van der Waals surface area contributed by atoms with Gasteiger partial charge in [0.1, 0.15) is 18.5 Å². The Labute approximate surface area is 145 Å². The molecule has 0 saturated carbocycles. The van der Waals surface area contributed by atoms with Gasteiger partial charge in [0.15, 0.2) is 0 Å². The van der Waals surface area contributed by atoms with Gasteiger partial charge in [-0.05, 0) is 43.3 Å². The first-order chi connectivity index (χ1) is 12.1. The minimum atomic E-state index is -0.829. The van der Waals surface area contributed by atoms with Gasteiger partial charge in [-0.15, -0.1) is 0 Å². The van der Waals surface area contributed by atoms with Crippen molar-refractivity contribution >= 4 is 11.0 Å². The Bertz CT molecular complexity index is 964. The molecule has 1 heterocycles. The normalized spacial score (nSPS) is 12.0. The number of ether oxygens (including phenoxy) is 1. The summed E-state index contributed by atoms with van der Waals surface area (Å²) in [5, 5.41) is 19.1. The van der Waals surface area contributed by atoms with Gasteiger partial charge >= 0.3 is 5.69 Å². The molecule has 3 rings (SSSR count). The first-order valence-electron chi connectivity index (χ1n) is 8.13. The van der Waals surface area contributed by atoms with E-state index >= 15 is 0 Å². The van der Waals surface area contributed by atoms with E-state index in [0.29, 0.717) is 17.9 Å². The maximum atomic E-state index is 12.5. The van der Waals surface area contributed by atoms with E-state index in [1.807, 2.05) is 37.3 Å². The molecule has 0 aliphatic rings. The number of nitrogens with zero attached hydrogens (tertiary/aromatic N) is 3. The zero-order chi connectivity index (χ0) is 17.8. The van der Waals surface area contributed by atoms with Gasteiger partial charge in [-0.25, -0.2) is 4.79 Å². The number of hydrogen-bond donors (Lipinski definition) is 1. The first-order valence-corrected chi connectivity index (χ1v) is 8.13. The Morgan fingerprint density at radius 1 is 1.12 bits per heavy atom. The van der Waals surface area contributed by atoms with Crippen LogP contribution in [0.3, 0.4) is 0 Å². The van der Waals surface area contributed by atoms with Gasteiger partial charge in [0.25, 0.3) is 0 Å². The smallest absolute Gasteiger partial charge is 0.329 e. The Balaban J connectivity index is 1.74. The van der Waals surface area contributed by atoms with Crippen LogP contribution < -0.4 is 10.4 Å². The molecule has 0 spiro atoms. The summed E-state index contributed by atoms with van der Waals surface area (Å²) in [6.07, 6.45) is -0.829. The van der Waals surface area contributed by atoms with Gasteiger partial charge in [-0.3, -0.25) is 9.13 Å². The molecule has 0 aliphatic carbocycles. The maximum absolute atomic E-state index is 12.5. The van der Waals surface area contributed by atoms with Crippen molar-refractivity contribution in [2.45, 2.75) is 26.1 Å². The summed E-state index contributed by atoms with van der Waals surface area (Å²) in [6.45, 7) is 2.71. The van der Waals surface area contributed by atoms with Crippen LogP contribution in [0, 0.1) is 11.3 Å². The Hall–Kier alpha value is -3.04. The second kappa shape index (κ2) is 7.24. The second-order valence-electron chi connectivity index (χ2n) is 5.73. The first kappa shape index (κ1) is 16.8. The highest BCUT2D eigenvalue weighted by molar-refractivity contribution is 5.75. The fraction of sp³-hybridized carbons (Fsp3) is 0.263. The van der Waals surface area contributed by atoms with Crippen LogP contribution in [0.5, 0.6) is 5.75 Å². The van der Waals surface area contributed by atoms with Crippen LogP contribution in [0.2, 0.25) is 0 Å². The van der Waals surface area contributed by atoms with Crippen LogP contribution in [0.15, 0.2) is 53.3 Å². The number of fused-ring (bicyclic) bond motifs is 1. The number of nitriles is 1. The number of aliphatic hydroxyl groups excluding tert-OH is 1. The molecule has 0 unspecified atom stereocenters. The molecule has 0 saturated heterocycles. The quantitative estimate of drug-likeness (QED) is 0.747. The third-order valence-corrected chi connectivity index (χ3v) is 4.06. The summed E-state index contributed by atoms with van der Waals surface area (Å²) < 4.78 is 8.80. The molecule has 0 aliphatic heterocycles. The van der Waals surface area contributed by atoms with E-state index in [1.54, 1.807) is 33.4 Å². The average Bonchev–Trinajstić information content (AvgIpc) is 2.91. The van der Waals surface area contributed by atoms with Gasteiger partial charge in [-0.1, -0.05) is 12.1 Å². The lowest BCUT2D eigenvalue weighted by atomic mass is 10.2. The molecular formula is C19H19N3O3. The maximum Gasteiger partial charge on any atom is 0.329 e. The zero-order valence-electron chi connectivity index (χ0n) is 13.9. The molecule has 0 radical (unpaired) electrons. The summed E-state index contributed by atoms with van der Waals surface area (Å²) in [5.74, 6) is 0.571. The highest BCUT2D eigenvalue weighted by atomic mass is 16.5. The van der Waals surface area contributed by atoms with Gasteiger partial charge in [0, 0.05) is 6.54 Å². The van der Waals surface area contributed by atoms with E-state index in [-0.39, 0.29) is 18.8 Å². The van der Waals surface area contributed by atoms with Crippen LogP contribution in [-0.2, 0) is 13.1 Å². The number of rotatable bonds is 6. The van der Waals surface area contributed by atoms with E-state index in [9.17, 15) is 9.90 Å². The van der Waals surface area contributed by atoms with Crippen molar-refractivity contribution in [3.63, 3.8) is 0 Å². The molecular weight excluding hydrogens is 318 g/mol. The van der Waals surface area contributed by atoms with Gasteiger partial charge in [0.05, 0.1) is 29.2 Å². The van der Waals surface area contributed by atoms with Gasteiger partial charge < -0.3 is 9.84 Å². The molecule has 2 aromatic carbocycles. The van der Waals surface area contributed by atoms with E-state index < -0.39 is 6.10 Å². The summed E-state index contributed by atoms with van der Waals surface area (Å²) in [7, 11) is 0. The lowest BCUT2D eigenvalue weighted by Gasteiger charge is -2.13. The molecule has 25 heavy (non-hydrogen) atoms. The van der Waals surface area contributed by atoms with Crippen molar-refractivity contribution in [1.82, 2.24) is 9.13 Å². The summed E-state index contributed by atoms with van der Waals surface area (Å²) in [5.41, 5.74) is 2.06. The monoisotopic (exact) mass is 337 g/mol. The number of hydrogen-bond acceptors (Lipinski definition) is 4. The third kappa shape index (κ3) is 3.42. The van der Waals surface area contributed by atoms with E-state index in [1.165, 1.54) is 0 Å². The van der Waals surface area contributed by atoms with Crippen molar-refractivity contribution in [3.8, 4) is 11.8 Å². The lowest BCUT2D eigenvalue weighted by Crippen LogP contribution is -2.31. The molecule has 1 aromatic heterocycles. The number of para-hydroxylation sites is 2. The summed E-state index contributed by atoms with van der Waals surface area (Å²) in [4.78, 5) is 12.5. The number of aryl methyl sites for hydroxylation is 1. The third-order valence-electron chi connectivity index (χ3n) is 4.06. The fourth-order valence-electron chi connectivity index (χ4n) is 2.84. The topological polar surface area (TPSA) is 80.2 Å². The molecule has 1 N–H and O–H groups in total. The van der Waals surface area contributed by atoms with Crippen LogP contribution in [0.25, 0.3) is 11.0 Å². The Morgan fingerprint density at radius 3 is 2.36 bits per heavy atom. The molecule has 6 nitrogen and oxygen atoms in total. The molecule has 3 aromatic rings. The minimum Gasteiger partial charge on any atom is -0.491 e. The van der Waals surface area contributed by atoms with Crippen LogP contribution in [-0.4, -0.2) is 27.0 Å². The predicted octanol–water partition coefficient (Wildman–Crippen LogP) is 2.13. The lowest BCUT2D eigenvalue weighted by molar-refractivity contribution is 0.0924. The summed E-state index contributed by atoms with van der Waals surface area (Å²) in [6, 6.07) is 16.2. The number of benzene rings is 2. The molecule has 6 heteroatoms. The number of aliphatic hydroxyl groups is 1. The van der Waals surface area contributed by atoms with E-state index in [2.05, 4.69) is 0 Å². The second-order valence-corrected chi connectivity index (χ2v) is 5.73.